The Hall–Kier alpha value is -2.98. The van der Waals surface area contributed by atoms with Crippen molar-refractivity contribution in [3.63, 3.8) is 0 Å². The molecule has 0 radical (unpaired) electrons. The number of allylic oxidation sites excluding steroid dienone is 3. The zero-order chi connectivity index (χ0) is 19.7. The van der Waals surface area contributed by atoms with E-state index in [2.05, 4.69) is 6.07 Å². The quantitative estimate of drug-likeness (QED) is 0.871. The second-order valence-electron chi connectivity index (χ2n) is 6.75. The number of Topliss-reactive ketones (excluding diaryl/α,β-unsaturated/α-hetero) is 1. The molecule has 1 aliphatic heterocycles. The van der Waals surface area contributed by atoms with E-state index in [1.54, 1.807) is 31.4 Å². The maximum Gasteiger partial charge on any atom is 0.161 e. The van der Waals surface area contributed by atoms with E-state index in [1.165, 1.54) is 0 Å². The number of nitriles is 1. The molecule has 1 heterocycles. The van der Waals surface area contributed by atoms with Gasteiger partial charge in [0.25, 0.3) is 0 Å². The Labute approximate surface area is 159 Å². The van der Waals surface area contributed by atoms with E-state index in [-0.39, 0.29) is 5.78 Å². The highest BCUT2D eigenvalue weighted by Gasteiger charge is 2.41. The fourth-order valence-corrected chi connectivity index (χ4v) is 3.89. The third-order valence-corrected chi connectivity index (χ3v) is 5.04. The van der Waals surface area contributed by atoms with Crippen LogP contribution in [-0.2, 0) is 4.79 Å². The van der Waals surface area contributed by atoms with E-state index in [4.69, 9.17) is 15.2 Å². The lowest BCUT2D eigenvalue weighted by atomic mass is 9.75. The van der Waals surface area contributed by atoms with E-state index in [9.17, 15) is 10.1 Å². The van der Waals surface area contributed by atoms with Crippen molar-refractivity contribution in [2.75, 3.05) is 28.3 Å². The Morgan fingerprint density at radius 2 is 2.00 bits per heavy atom. The molecule has 27 heavy (non-hydrogen) atoms. The number of ketones is 1. The van der Waals surface area contributed by atoms with Crippen LogP contribution in [0.15, 0.2) is 40.9 Å². The van der Waals surface area contributed by atoms with Crippen LogP contribution in [-0.4, -0.2) is 44.1 Å². The molecule has 7 heteroatoms. The molecule has 1 aromatic rings. The third-order valence-electron chi connectivity index (χ3n) is 5.04. The molecule has 7 nitrogen and oxygen atoms in total. The first-order valence-corrected chi connectivity index (χ1v) is 8.79. The molecule has 1 aliphatic carbocycles. The Morgan fingerprint density at radius 3 is 2.59 bits per heavy atom. The highest BCUT2D eigenvalue weighted by molar-refractivity contribution is 6.00. The standard InChI is InChI=1S/C20H24N4O3/c1-23(2)24-15-6-5-7-16(25)19(15)18(14(11-21)20(24)22)13-9-8-12(26-3)10-17(13)27-4/h8-10,18H,5-7,22H2,1-4H3/t18-/m1/s1. The van der Waals surface area contributed by atoms with Crippen LogP contribution < -0.4 is 15.2 Å². The highest BCUT2D eigenvalue weighted by Crippen LogP contribution is 2.47. The summed E-state index contributed by atoms with van der Waals surface area (Å²) in [6.45, 7) is 0. The van der Waals surface area contributed by atoms with E-state index in [0.29, 0.717) is 34.9 Å². The molecule has 0 spiro atoms. The van der Waals surface area contributed by atoms with Gasteiger partial charge in [0.1, 0.15) is 17.3 Å². The predicted octanol–water partition coefficient (Wildman–Crippen LogP) is 2.28. The van der Waals surface area contributed by atoms with Gasteiger partial charge in [-0.25, -0.2) is 5.01 Å². The van der Waals surface area contributed by atoms with Crippen LogP contribution in [0.25, 0.3) is 0 Å². The van der Waals surface area contributed by atoms with E-state index in [1.807, 2.05) is 25.2 Å². The lowest BCUT2D eigenvalue weighted by Gasteiger charge is -2.42. The van der Waals surface area contributed by atoms with E-state index >= 15 is 0 Å². The monoisotopic (exact) mass is 368 g/mol. The van der Waals surface area contributed by atoms with Crippen molar-refractivity contribution in [3.8, 4) is 17.6 Å². The first-order valence-electron chi connectivity index (χ1n) is 8.79. The van der Waals surface area contributed by atoms with Crippen LogP contribution in [0.5, 0.6) is 11.5 Å². The van der Waals surface area contributed by atoms with Gasteiger partial charge in [-0.2, -0.15) is 5.26 Å². The Kier molecular flexibility index (Phi) is 5.10. The largest absolute Gasteiger partial charge is 0.497 e. The van der Waals surface area contributed by atoms with Gasteiger partial charge in [-0.05, 0) is 18.9 Å². The number of methoxy groups -OCH3 is 2. The van der Waals surface area contributed by atoms with Gasteiger partial charge in [0, 0.05) is 43.4 Å². The second kappa shape index (κ2) is 7.33. The second-order valence-corrected chi connectivity index (χ2v) is 6.75. The number of carbonyl (C=O) groups is 1. The number of carbonyl (C=O) groups excluding carboxylic acids is 1. The molecule has 0 saturated carbocycles. The van der Waals surface area contributed by atoms with Gasteiger partial charge in [-0.1, -0.05) is 6.07 Å². The maximum absolute atomic E-state index is 12.9. The number of nitrogens with two attached hydrogens (primary N) is 1. The molecular formula is C20H24N4O3. The van der Waals surface area contributed by atoms with Crippen molar-refractivity contribution in [1.82, 2.24) is 10.0 Å². The minimum atomic E-state index is -0.546. The molecule has 2 N–H and O–H groups in total. The highest BCUT2D eigenvalue weighted by atomic mass is 16.5. The van der Waals surface area contributed by atoms with Crippen molar-refractivity contribution in [2.24, 2.45) is 5.73 Å². The summed E-state index contributed by atoms with van der Waals surface area (Å²) in [7, 11) is 6.83. The van der Waals surface area contributed by atoms with Crippen LogP contribution >= 0.6 is 0 Å². The molecule has 2 aliphatic rings. The Bertz CT molecular complexity index is 880. The van der Waals surface area contributed by atoms with Gasteiger partial charge >= 0.3 is 0 Å². The number of hydrazine groups is 1. The molecule has 1 atom stereocenters. The Morgan fingerprint density at radius 1 is 1.26 bits per heavy atom. The topological polar surface area (TPSA) is 91.8 Å². The molecule has 0 saturated heterocycles. The van der Waals surface area contributed by atoms with Gasteiger partial charge in [0.2, 0.25) is 0 Å². The first kappa shape index (κ1) is 18.8. The minimum absolute atomic E-state index is 0.0474. The lowest BCUT2D eigenvalue weighted by Crippen LogP contribution is -2.45. The number of hydrogen-bond donors (Lipinski definition) is 1. The molecule has 1 aromatic carbocycles. The summed E-state index contributed by atoms with van der Waals surface area (Å²) in [5.74, 6) is 1.05. The van der Waals surface area contributed by atoms with Gasteiger partial charge in [-0.15, -0.1) is 0 Å². The zero-order valence-corrected chi connectivity index (χ0v) is 16.1. The van der Waals surface area contributed by atoms with Crippen molar-refractivity contribution in [3.05, 3.63) is 46.4 Å². The van der Waals surface area contributed by atoms with E-state index in [0.717, 1.165) is 24.1 Å². The molecule has 0 fully saturated rings. The molecule has 0 unspecified atom stereocenters. The van der Waals surface area contributed by atoms with Gasteiger partial charge in [0.15, 0.2) is 5.78 Å². The Balaban J connectivity index is 2.28. The summed E-state index contributed by atoms with van der Waals surface area (Å²) in [6.07, 6.45) is 1.96. The van der Waals surface area contributed by atoms with Gasteiger partial charge in [-0.3, -0.25) is 9.80 Å². The summed E-state index contributed by atoms with van der Waals surface area (Å²) in [4.78, 5) is 12.9. The predicted molar refractivity (Wildman–Crippen MR) is 101 cm³/mol. The maximum atomic E-state index is 12.9. The molecule has 3 rings (SSSR count). The SMILES string of the molecule is COc1ccc([C@@H]2C(C#N)=C(N)N(N(C)C)C3=C2C(=O)CCC3)c(OC)c1. The van der Waals surface area contributed by atoms with Crippen LogP contribution in [0.3, 0.4) is 0 Å². The summed E-state index contributed by atoms with van der Waals surface area (Å²) >= 11 is 0. The minimum Gasteiger partial charge on any atom is -0.497 e. The number of hydrogen-bond acceptors (Lipinski definition) is 7. The van der Waals surface area contributed by atoms with E-state index < -0.39 is 5.92 Å². The number of benzene rings is 1. The number of ether oxygens (including phenoxy) is 2. The molecule has 142 valence electrons. The average Bonchev–Trinajstić information content (AvgIpc) is 2.66. The fourth-order valence-electron chi connectivity index (χ4n) is 3.89. The van der Waals surface area contributed by atoms with Crippen molar-refractivity contribution < 1.29 is 14.3 Å². The summed E-state index contributed by atoms with van der Waals surface area (Å²) in [5.41, 5.74) is 8.96. The first-order chi connectivity index (χ1) is 12.9. The van der Waals surface area contributed by atoms with Crippen LogP contribution in [0, 0.1) is 11.3 Å². The van der Waals surface area contributed by atoms with Crippen molar-refractivity contribution in [2.45, 2.75) is 25.2 Å². The smallest absolute Gasteiger partial charge is 0.161 e. The molecular weight excluding hydrogens is 344 g/mol. The zero-order valence-electron chi connectivity index (χ0n) is 16.1. The summed E-state index contributed by atoms with van der Waals surface area (Å²) < 4.78 is 10.8. The van der Waals surface area contributed by atoms with Gasteiger partial charge in [0.05, 0.1) is 31.8 Å². The third kappa shape index (κ3) is 3.02. The average molecular weight is 368 g/mol. The molecule has 0 amide bonds. The van der Waals surface area contributed by atoms with Crippen LogP contribution in [0.4, 0.5) is 0 Å². The lowest BCUT2D eigenvalue weighted by molar-refractivity contribution is -0.116. The number of nitrogens with zero attached hydrogens (tertiary/aromatic N) is 3. The number of rotatable bonds is 4. The van der Waals surface area contributed by atoms with Crippen LogP contribution in [0.1, 0.15) is 30.7 Å². The van der Waals surface area contributed by atoms with Crippen molar-refractivity contribution in [1.29, 1.82) is 5.26 Å². The van der Waals surface area contributed by atoms with Crippen molar-refractivity contribution >= 4 is 5.78 Å². The molecule has 0 aromatic heterocycles. The summed E-state index contributed by atoms with van der Waals surface area (Å²) in [6, 6.07) is 7.63. The molecule has 0 bridgehead atoms. The normalized spacial score (nSPS) is 19.9. The summed E-state index contributed by atoms with van der Waals surface area (Å²) in [5, 5.41) is 13.5. The van der Waals surface area contributed by atoms with Gasteiger partial charge < -0.3 is 15.2 Å². The van der Waals surface area contributed by atoms with Crippen LogP contribution in [0.2, 0.25) is 0 Å². The fraction of sp³-hybridized carbons (Fsp3) is 0.400.